The van der Waals surface area contributed by atoms with Crippen molar-refractivity contribution in [2.24, 2.45) is 0 Å². The summed E-state index contributed by atoms with van der Waals surface area (Å²) in [5.41, 5.74) is 1.68. The molecule has 0 aliphatic rings. The van der Waals surface area contributed by atoms with Crippen molar-refractivity contribution in [1.29, 1.82) is 0 Å². The van der Waals surface area contributed by atoms with E-state index in [9.17, 15) is 18.0 Å². The lowest BCUT2D eigenvalue weighted by atomic mass is 10.2. The second-order valence-corrected chi connectivity index (χ2v) is 5.87. The number of hydrogen-bond donors (Lipinski definition) is 1. The summed E-state index contributed by atoms with van der Waals surface area (Å²) < 4.78 is 44.1. The molecular formula is C16H11ClF3N5O2. The molecule has 0 saturated carbocycles. The molecule has 1 amide bonds. The lowest BCUT2D eigenvalue weighted by Gasteiger charge is -2.13. The Morgan fingerprint density at radius 2 is 2.19 bits per heavy atom. The molecule has 7 nitrogen and oxygen atoms in total. The van der Waals surface area contributed by atoms with Crippen LogP contribution in [0.25, 0.3) is 27.3 Å². The maximum Gasteiger partial charge on any atom is 0.471 e. The van der Waals surface area contributed by atoms with Crippen molar-refractivity contribution >= 4 is 34.2 Å². The number of aryl methyl sites for hydroxylation is 1. The first-order valence-electron chi connectivity index (χ1n) is 7.55. The van der Waals surface area contributed by atoms with E-state index in [1.54, 1.807) is 18.3 Å². The van der Waals surface area contributed by atoms with Gasteiger partial charge in [-0.1, -0.05) is 11.6 Å². The van der Waals surface area contributed by atoms with Crippen LogP contribution in [0.5, 0.6) is 0 Å². The van der Waals surface area contributed by atoms with E-state index in [4.69, 9.17) is 22.6 Å². The summed E-state index contributed by atoms with van der Waals surface area (Å²) in [6.45, 7) is 8.81. The van der Waals surface area contributed by atoms with Gasteiger partial charge in [0.1, 0.15) is 17.6 Å². The number of carbonyl (C=O) groups excluding carboxylic acids is 1. The van der Waals surface area contributed by atoms with Crippen molar-refractivity contribution in [3.05, 3.63) is 40.8 Å². The zero-order chi connectivity index (χ0) is 19.8. The van der Waals surface area contributed by atoms with Crippen LogP contribution in [-0.2, 0) is 11.3 Å². The maximum atomic E-state index is 12.4. The third-order valence-electron chi connectivity index (χ3n) is 3.83. The second-order valence-electron chi connectivity index (χ2n) is 5.51. The van der Waals surface area contributed by atoms with Crippen LogP contribution in [0.4, 0.5) is 18.9 Å². The van der Waals surface area contributed by atoms with Gasteiger partial charge in [0.2, 0.25) is 5.69 Å². The number of nitrogens with zero attached hydrogens (tertiary/aromatic N) is 4. The minimum Gasteiger partial charge on any atom is -0.464 e. The molecule has 0 bridgehead atoms. The van der Waals surface area contributed by atoms with E-state index in [1.165, 1.54) is 17.2 Å². The van der Waals surface area contributed by atoms with Crippen LogP contribution in [-0.4, -0.2) is 33.2 Å². The van der Waals surface area contributed by atoms with E-state index < -0.39 is 12.1 Å². The quantitative estimate of drug-likeness (QED) is 0.535. The Morgan fingerprint density at radius 3 is 2.78 bits per heavy atom. The average Bonchev–Trinajstić information content (AvgIpc) is 3.15. The molecule has 3 heterocycles. The fourth-order valence-electron chi connectivity index (χ4n) is 2.68. The Morgan fingerprint density at radius 1 is 1.44 bits per heavy atom. The Labute approximate surface area is 155 Å². The van der Waals surface area contributed by atoms with Crippen LogP contribution in [0.2, 0.25) is 5.15 Å². The highest BCUT2D eigenvalue weighted by atomic mass is 35.5. The summed E-state index contributed by atoms with van der Waals surface area (Å²) in [5, 5.41) is 1.82. The Bertz CT molecular complexity index is 1060. The molecule has 11 heteroatoms. The van der Waals surface area contributed by atoms with Gasteiger partial charge in [-0.3, -0.25) is 4.79 Å². The minimum absolute atomic E-state index is 0.0301. The van der Waals surface area contributed by atoms with Crippen LogP contribution in [0.3, 0.4) is 0 Å². The third kappa shape index (κ3) is 3.33. The van der Waals surface area contributed by atoms with E-state index in [-0.39, 0.29) is 35.0 Å². The van der Waals surface area contributed by atoms with Gasteiger partial charge < -0.3 is 14.3 Å². The van der Waals surface area contributed by atoms with Crippen molar-refractivity contribution in [1.82, 2.24) is 19.9 Å². The van der Waals surface area contributed by atoms with Gasteiger partial charge in [0.05, 0.1) is 24.0 Å². The first-order valence-corrected chi connectivity index (χ1v) is 7.93. The van der Waals surface area contributed by atoms with E-state index in [1.807, 2.05) is 0 Å². The SMILES string of the molecule is [C-]#[N+]c1c(-c2occc2C)n(CCNC(=O)C(F)(F)F)c2c(Cl)ncnc12. The summed E-state index contributed by atoms with van der Waals surface area (Å²) in [7, 11) is 0. The van der Waals surface area contributed by atoms with Gasteiger partial charge >= 0.3 is 12.1 Å². The Kier molecular flexibility index (Phi) is 4.80. The molecular weight excluding hydrogens is 387 g/mol. The molecule has 1 N–H and O–H groups in total. The molecule has 0 fully saturated rings. The van der Waals surface area contributed by atoms with Gasteiger partial charge in [0, 0.05) is 13.1 Å². The fourth-order valence-corrected chi connectivity index (χ4v) is 2.91. The van der Waals surface area contributed by atoms with Gasteiger partial charge in [0.25, 0.3) is 0 Å². The highest BCUT2D eigenvalue weighted by Gasteiger charge is 2.38. The summed E-state index contributed by atoms with van der Waals surface area (Å²) in [5.74, 6) is -1.69. The minimum atomic E-state index is -4.98. The van der Waals surface area contributed by atoms with E-state index in [0.717, 1.165) is 0 Å². The predicted octanol–water partition coefficient (Wildman–Crippen LogP) is 3.88. The summed E-state index contributed by atoms with van der Waals surface area (Å²) in [4.78, 5) is 22.5. The fraction of sp³-hybridized carbons (Fsp3) is 0.250. The molecule has 140 valence electrons. The van der Waals surface area contributed by atoms with Crippen LogP contribution in [0, 0.1) is 13.5 Å². The van der Waals surface area contributed by atoms with Gasteiger partial charge in [-0.05, 0) is 18.6 Å². The van der Waals surface area contributed by atoms with Crippen molar-refractivity contribution in [3.8, 4) is 11.5 Å². The molecule has 0 atom stereocenters. The molecule has 0 unspecified atom stereocenters. The molecule has 0 aliphatic carbocycles. The van der Waals surface area contributed by atoms with Crippen LogP contribution in [0.15, 0.2) is 23.1 Å². The number of carbonyl (C=O) groups is 1. The molecule has 3 rings (SSSR count). The van der Waals surface area contributed by atoms with Crippen LogP contribution in [0.1, 0.15) is 5.56 Å². The van der Waals surface area contributed by atoms with Gasteiger partial charge in [-0.2, -0.15) is 13.2 Å². The highest BCUT2D eigenvalue weighted by molar-refractivity contribution is 6.34. The largest absolute Gasteiger partial charge is 0.471 e. The van der Waals surface area contributed by atoms with Crippen molar-refractivity contribution < 1.29 is 22.4 Å². The zero-order valence-electron chi connectivity index (χ0n) is 13.8. The van der Waals surface area contributed by atoms with Crippen molar-refractivity contribution in [3.63, 3.8) is 0 Å². The smallest absolute Gasteiger partial charge is 0.464 e. The topological polar surface area (TPSA) is 77.3 Å². The first kappa shape index (κ1) is 18.7. The Hall–Kier alpha value is -3.06. The zero-order valence-corrected chi connectivity index (χ0v) is 14.5. The summed E-state index contributed by atoms with van der Waals surface area (Å²) >= 11 is 6.15. The van der Waals surface area contributed by atoms with Gasteiger partial charge in [-0.25, -0.2) is 14.8 Å². The number of aromatic nitrogens is 3. The normalized spacial score (nSPS) is 11.6. The van der Waals surface area contributed by atoms with E-state index in [2.05, 4.69) is 14.8 Å². The number of amides is 1. The van der Waals surface area contributed by atoms with Crippen molar-refractivity contribution in [2.75, 3.05) is 6.54 Å². The molecule has 0 radical (unpaired) electrons. The third-order valence-corrected chi connectivity index (χ3v) is 4.11. The summed E-state index contributed by atoms with van der Waals surface area (Å²) in [6, 6.07) is 1.68. The molecule has 0 spiro atoms. The second kappa shape index (κ2) is 6.92. The number of nitrogens with one attached hydrogen (secondary N) is 1. The maximum absolute atomic E-state index is 12.4. The molecule has 27 heavy (non-hydrogen) atoms. The van der Waals surface area contributed by atoms with E-state index in [0.29, 0.717) is 17.0 Å². The summed E-state index contributed by atoms with van der Waals surface area (Å²) in [6.07, 6.45) is -2.37. The average molecular weight is 398 g/mol. The number of fused-ring (bicyclic) bond motifs is 1. The highest BCUT2D eigenvalue weighted by Crippen LogP contribution is 2.42. The number of halogens is 4. The molecule has 3 aromatic rings. The van der Waals surface area contributed by atoms with Crippen LogP contribution >= 0.6 is 11.6 Å². The lowest BCUT2D eigenvalue weighted by Crippen LogP contribution is -2.38. The lowest BCUT2D eigenvalue weighted by molar-refractivity contribution is -0.173. The van der Waals surface area contributed by atoms with E-state index >= 15 is 0 Å². The molecule has 3 aromatic heterocycles. The standard InChI is InChI=1S/C16H11ClF3N5O2/c1-8-3-6-27-13(8)11-9(21-2)10-12(14(17)24-7-23-10)25(11)5-4-22-15(26)16(18,19)20/h3,6-7H,4-5H2,1H3,(H,22,26). The molecule has 0 aromatic carbocycles. The van der Waals surface area contributed by atoms with Gasteiger partial charge in [-0.15, -0.1) is 0 Å². The number of alkyl halides is 3. The monoisotopic (exact) mass is 397 g/mol. The van der Waals surface area contributed by atoms with Crippen molar-refractivity contribution in [2.45, 2.75) is 19.6 Å². The molecule has 0 saturated heterocycles. The number of furan rings is 1. The van der Waals surface area contributed by atoms with Crippen LogP contribution < -0.4 is 5.32 Å². The molecule has 0 aliphatic heterocycles. The predicted molar refractivity (Wildman–Crippen MR) is 90.3 cm³/mol. The number of rotatable bonds is 4. The first-order chi connectivity index (χ1) is 12.8. The Balaban J connectivity index is 2.11. The number of hydrogen-bond acceptors (Lipinski definition) is 4. The van der Waals surface area contributed by atoms with Gasteiger partial charge in [0.15, 0.2) is 5.15 Å².